The Hall–Kier alpha value is -1.10. The Morgan fingerprint density at radius 2 is 2.13 bits per heavy atom. The zero-order valence-electron chi connectivity index (χ0n) is 9.78. The highest BCUT2D eigenvalue weighted by atomic mass is 16.2. The highest BCUT2D eigenvalue weighted by Crippen LogP contribution is 2.12. The highest BCUT2D eigenvalue weighted by Gasteiger charge is 2.36. The third-order valence-corrected chi connectivity index (χ3v) is 2.95. The summed E-state index contributed by atoms with van der Waals surface area (Å²) in [5.41, 5.74) is 0. The van der Waals surface area contributed by atoms with Crippen LogP contribution in [0.1, 0.15) is 13.8 Å². The molecule has 0 saturated carbocycles. The SMILES string of the molecule is CNCC(C)N1CC(=O)N(C)C(C)C1=O. The van der Waals surface area contributed by atoms with Gasteiger partial charge in [-0.05, 0) is 20.9 Å². The highest BCUT2D eigenvalue weighted by molar-refractivity contribution is 5.94. The number of nitrogens with one attached hydrogen (secondary N) is 1. The summed E-state index contributed by atoms with van der Waals surface area (Å²) >= 11 is 0. The molecule has 0 aromatic heterocycles. The van der Waals surface area contributed by atoms with Gasteiger partial charge in [0.25, 0.3) is 0 Å². The van der Waals surface area contributed by atoms with Gasteiger partial charge in [-0.2, -0.15) is 0 Å². The molecule has 1 fully saturated rings. The number of carbonyl (C=O) groups excluding carboxylic acids is 2. The zero-order chi connectivity index (χ0) is 11.6. The van der Waals surface area contributed by atoms with Crippen molar-refractivity contribution in [2.24, 2.45) is 0 Å². The first-order valence-electron chi connectivity index (χ1n) is 5.19. The lowest BCUT2D eigenvalue weighted by Gasteiger charge is -2.39. The molecule has 1 saturated heterocycles. The summed E-state index contributed by atoms with van der Waals surface area (Å²) in [5, 5.41) is 3.01. The lowest BCUT2D eigenvalue weighted by molar-refractivity contribution is -0.155. The Kier molecular flexibility index (Phi) is 3.68. The quantitative estimate of drug-likeness (QED) is 0.673. The summed E-state index contributed by atoms with van der Waals surface area (Å²) in [6.07, 6.45) is 0. The van der Waals surface area contributed by atoms with E-state index in [0.717, 1.165) is 0 Å². The molecule has 1 aliphatic heterocycles. The number of amides is 2. The van der Waals surface area contributed by atoms with E-state index in [1.54, 1.807) is 18.9 Å². The summed E-state index contributed by atoms with van der Waals surface area (Å²) in [7, 11) is 3.51. The molecule has 2 unspecified atom stereocenters. The molecule has 0 aliphatic carbocycles. The number of piperazine rings is 1. The van der Waals surface area contributed by atoms with Gasteiger partial charge < -0.3 is 15.1 Å². The fourth-order valence-electron chi connectivity index (χ4n) is 1.74. The van der Waals surface area contributed by atoms with Crippen molar-refractivity contribution in [3.05, 3.63) is 0 Å². The lowest BCUT2D eigenvalue weighted by Crippen LogP contribution is -2.60. The second kappa shape index (κ2) is 4.61. The summed E-state index contributed by atoms with van der Waals surface area (Å²) in [4.78, 5) is 26.6. The van der Waals surface area contributed by atoms with Crippen LogP contribution in [0.3, 0.4) is 0 Å². The van der Waals surface area contributed by atoms with Gasteiger partial charge in [-0.3, -0.25) is 9.59 Å². The number of carbonyl (C=O) groups is 2. The maximum absolute atomic E-state index is 11.9. The Balaban J connectivity index is 2.74. The van der Waals surface area contributed by atoms with Crippen LogP contribution >= 0.6 is 0 Å². The van der Waals surface area contributed by atoms with Gasteiger partial charge in [-0.25, -0.2) is 0 Å². The second-order valence-electron chi connectivity index (χ2n) is 4.05. The molecule has 0 radical (unpaired) electrons. The lowest BCUT2D eigenvalue weighted by atomic mass is 10.1. The molecular weight excluding hydrogens is 194 g/mol. The molecule has 1 aliphatic rings. The Bertz CT molecular complexity index is 267. The maximum atomic E-state index is 11.9. The molecule has 5 heteroatoms. The molecule has 15 heavy (non-hydrogen) atoms. The molecular formula is C10H19N3O2. The van der Waals surface area contributed by atoms with Gasteiger partial charge in [0.05, 0.1) is 0 Å². The first kappa shape index (κ1) is 12.0. The number of likely N-dealkylation sites (N-methyl/N-ethyl adjacent to an activating group) is 2. The van der Waals surface area contributed by atoms with Gasteiger partial charge in [-0.1, -0.05) is 0 Å². The molecule has 0 aromatic carbocycles. The molecule has 5 nitrogen and oxygen atoms in total. The van der Waals surface area contributed by atoms with Crippen LogP contribution in [0.15, 0.2) is 0 Å². The van der Waals surface area contributed by atoms with Gasteiger partial charge in [-0.15, -0.1) is 0 Å². The molecule has 86 valence electrons. The predicted molar refractivity (Wildman–Crippen MR) is 57.3 cm³/mol. The van der Waals surface area contributed by atoms with E-state index < -0.39 is 0 Å². The standard InChI is InChI=1S/C10H19N3O2/c1-7(5-11-3)13-6-9(14)12(4)8(2)10(13)15/h7-8,11H,5-6H2,1-4H3. The summed E-state index contributed by atoms with van der Waals surface area (Å²) < 4.78 is 0. The fraction of sp³-hybridized carbons (Fsp3) is 0.800. The van der Waals surface area contributed by atoms with E-state index in [4.69, 9.17) is 0 Å². The van der Waals surface area contributed by atoms with Crippen LogP contribution in [0.25, 0.3) is 0 Å². The molecule has 0 bridgehead atoms. The minimum atomic E-state index is -0.342. The van der Waals surface area contributed by atoms with Crippen LogP contribution in [-0.2, 0) is 9.59 Å². The first-order chi connectivity index (χ1) is 6.99. The Morgan fingerprint density at radius 1 is 1.53 bits per heavy atom. The number of hydrogen-bond donors (Lipinski definition) is 1. The number of rotatable bonds is 3. The van der Waals surface area contributed by atoms with Crippen molar-refractivity contribution in [2.45, 2.75) is 25.9 Å². The third kappa shape index (κ3) is 2.28. The van der Waals surface area contributed by atoms with E-state index in [0.29, 0.717) is 6.54 Å². The van der Waals surface area contributed by atoms with Crippen molar-refractivity contribution in [2.75, 3.05) is 27.2 Å². The van der Waals surface area contributed by atoms with Crippen LogP contribution in [0.2, 0.25) is 0 Å². The van der Waals surface area contributed by atoms with Crippen molar-refractivity contribution in [1.29, 1.82) is 0 Å². The normalized spacial score (nSPS) is 24.7. The van der Waals surface area contributed by atoms with Crippen molar-refractivity contribution in [1.82, 2.24) is 15.1 Å². The van der Waals surface area contributed by atoms with E-state index in [1.165, 1.54) is 4.90 Å². The predicted octanol–water partition coefficient (Wildman–Crippen LogP) is -0.717. The minimum absolute atomic E-state index is 0.00468. The van der Waals surface area contributed by atoms with E-state index in [1.807, 2.05) is 14.0 Å². The fourth-order valence-corrected chi connectivity index (χ4v) is 1.74. The van der Waals surface area contributed by atoms with Crippen molar-refractivity contribution >= 4 is 11.8 Å². The molecule has 2 amide bonds. The Labute approximate surface area is 90.4 Å². The van der Waals surface area contributed by atoms with E-state index >= 15 is 0 Å². The van der Waals surface area contributed by atoms with Crippen LogP contribution < -0.4 is 5.32 Å². The van der Waals surface area contributed by atoms with Crippen LogP contribution in [0.5, 0.6) is 0 Å². The first-order valence-corrected chi connectivity index (χ1v) is 5.19. The summed E-state index contributed by atoms with van der Waals surface area (Å²) in [5.74, 6) is 0.0323. The van der Waals surface area contributed by atoms with Crippen LogP contribution in [-0.4, -0.2) is 60.9 Å². The number of hydrogen-bond acceptors (Lipinski definition) is 3. The monoisotopic (exact) mass is 213 g/mol. The third-order valence-electron chi connectivity index (χ3n) is 2.95. The summed E-state index contributed by atoms with van der Waals surface area (Å²) in [6.45, 7) is 4.61. The van der Waals surface area contributed by atoms with Crippen molar-refractivity contribution in [3.8, 4) is 0 Å². The van der Waals surface area contributed by atoms with Gasteiger partial charge in [0.15, 0.2) is 0 Å². The van der Waals surface area contributed by atoms with Gasteiger partial charge >= 0.3 is 0 Å². The number of nitrogens with zero attached hydrogens (tertiary/aromatic N) is 2. The molecule has 1 N–H and O–H groups in total. The summed E-state index contributed by atoms with van der Waals surface area (Å²) in [6, 6.07) is -0.284. The van der Waals surface area contributed by atoms with E-state index in [9.17, 15) is 9.59 Å². The van der Waals surface area contributed by atoms with Crippen molar-refractivity contribution in [3.63, 3.8) is 0 Å². The molecule has 0 aromatic rings. The maximum Gasteiger partial charge on any atom is 0.245 e. The largest absolute Gasteiger partial charge is 0.332 e. The average molecular weight is 213 g/mol. The molecule has 0 spiro atoms. The smallest absolute Gasteiger partial charge is 0.245 e. The van der Waals surface area contributed by atoms with E-state index in [-0.39, 0.29) is 30.4 Å². The molecule has 2 atom stereocenters. The second-order valence-corrected chi connectivity index (χ2v) is 4.05. The van der Waals surface area contributed by atoms with Crippen LogP contribution in [0, 0.1) is 0 Å². The van der Waals surface area contributed by atoms with Gasteiger partial charge in [0.2, 0.25) is 11.8 Å². The molecule has 1 heterocycles. The Morgan fingerprint density at radius 3 is 2.67 bits per heavy atom. The average Bonchev–Trinajstić information content (AvgIpc) is 2.20. The van der Waals surface area contributed by atoms with Gasteiger partial charge in [0, 0.05) is 19.6 Å². The molecule has 1 rings (SSSR count). The minimum Gasteiger partial charge on any atom is -0.332 e. The zero-order valence-corrected chi connectivity index (χ0v) is 9.78. The topological polar surface area (TPSA) is 52.7 Å². The van der Waals surface area contributed by atoms with E-state index in [2.05, 4.69) is 5.32 Å². The van der Waals surface area contributed by atoms with Gasteiger partial charge in [0.1, 0.15) is 12.6 Å². The van der Waals surface area contributed by atoms with Crippen molar-refractivity contribution < 1.29 is 9.59 Å². The van der Waals surface area contributed by atoms with Crippen LogP contribution in [0.4, 0.5) is 0 Å².